The third kappa shape index (κ3) is 3.00. The molecule has 0 aliphatic carbocycles. The number of hydrogen-bond acceptors (Lipinski definition) is 4. The summed E-state index contributed by atoms with van der Waals surface area (Å²) in [6.45, 7) is 0. The Morgan fingerprint density at radius 1 is 1.69 bits per heavy atom. The fraction of sp³-hybridized carbons (Fsp3) is 0.143. The van der Waals surface area contributed by atoms with Gasteiger partial charge in [-0.05, 0) is 28.7 Å². The first-order chi connectivity index (χ1) is 6.13. The lowest BCUT2D eigenvalue weighted by molar-refractivity contribution is 0.121. The van der Waals surface area contributed by atoms with E-state index in [1.165, 1.54) is 7.11 Å². The Morgan fingerprint density at radius 2 is 2.38 bits per heavy atom. The van der Waals surface area contributed by atoms with E-state index in [1.807, 2.05) is 22.6 Å². The first kappa shape index (κ1) is 10.5. The number of halogens is 2. The lowest BCUT2D eigenvalue weighted by Crippen LogP contribution is -2.08. The second kappa shape index (κ2) is 4.61. The fourth-order valence-electron chi connectivity index (χ4n) is 0.607. The number of rotatable bonds is 1. The molecule has 1 aromatic rings. The van der Waals surface area contributed by atoms with Gasteiger partial charge >= 0.3 is 6.16 Å². The largest absolute Gasteiger partial charge is 0.513 e. The smallest absolute Gasteiger partial charge is 0.437 e. The number of pyridine rings is 1. The van der Waals surface area contributed by atoms with E-state index < -0.39 is 6.16 Å². The van der Waals surface area contributed by atoms with E-state index in [0.29, 0.717) is 0 Å². The minimum absolute atomic E-state index is 0.130. The zero-order valence-corrected chi connectivity index (χ0v) is 9.50. The average Bonchev–Trinajstić information content (AvgIpc) is 2.11. The Labute approximate surface area is 93.3 Å². The Bertz CT molecular complexity index is 332. The van der Waals surface area contributed by atoms with Gasteiger partial charge in [0.2, 0.25) is 0 Å². The first-order valence-corrected chi connectivity index (χ1v) is 4.66. The summed E-state index contributed by atoms with van der Waals surface area (Å²) in [5.41, 5.74) is 0. The van der Waals surface area contributed by atoms with Crippen LogP contribution in [0.25, 0.3) is 0 Å². The van der Waals surface area contributed by atoms with Crippen molar-refractivity contribution in [1.82, 2.24) is 4.98 Å². The highest BCUT2D eigenvalue weighted by molar-refractivity contribution is 14.1. The molecule has 4 nitrogen and oxygen atoms in total. The Morgan fingerprint density at radius 3 is 3.00 bits per heavy atom. The van der Waals surface area contributed by atoms with Gasteiger partial charge in [-0.2, -0.15) is 0 Å². The molecule has 0 saturated heterocycles. The molecule has 13 heavy (non-hydrogen) atoms. The quantitative estimate of drug-likeness (QED) is 0.454. The molecule has 6 heteroatoms. The van der Waals surface area contributed by atoms with Gasteiger partial charge in [-0.15, -0.1) is 0 Å². The molecular formula is C7H5ClINO3. The van der Waals surface area contributed by atoms with Crippen molar-refractivity contribution in [2.45, 2.75) is 0 Å². The maximum atomic E-state index is 10.7. The van der Waals surface area contributed by atoms with Gasteiger partial charge in [0.15, 0.2) is 10.9 Å². The molecule has 0 bridgehead atoms. The maximum absolute atomic E-state index is 10.7. The van der Waals surface area contributed by atoms with E-state index >= 15 is 0 Å². The Hall–Kier alpha value is -0.560. The number of ether oxygens (including phenoxy) is 2. The molecule has 0 aliphatic rings. The molecule has 1 rings (SSSR count). The van der Waals surface area contributed by atoms with Crippen LogP contribution >= 0.6 is 34.2 Å². The van der Waals surface area contributed by atoms with E-state index in [2.05, 4.69) is 9.72 Å². The first-order valence-electron chi connectivity index (χ1n) is 3.20. The van der Waals surface area contributed by atoms with Crippen molar-refractivity contribution in [2.24, 2.45) is 0 Å². The summed E-state index contributed by atoms with van der Waals surface area (Å²) in [7, 11) is 1.22. The number of nitrogens with zero attached hydrogens (tertiary/aromatic N) is 1. The van der Waals surface area contributed by atoms with Gasteiger partial charge in [0.1, 0.15) is 0 Å². The van der Waals surface area contributed by atoms with Crippen LogP contribution in [0.3, 0.4) is 0 Å². The second-order valence-electron chi connectivity index (χ2n) is 2.00. The van der Waals surface area contributed by atoms with Crippen LogP contribution in [0.5, 0.6) is 5.75 Å². The minimum Gasteiger partial charge on any atom is -0.437 e. The van der Waals surface area contributed by atoms with Crippen molar-refractivity contribution in [1.29, 1.82) is 0 Å². The molecule has 0 atom stereocenters. The lowest BCUT2D eigenvalue weighted by Gasteiger charge is -2.03. The molecule has 1 aromatic heterocycles. The molecule has 0 N–H and O–H groups in total. The molecule has 0 unspecified atom stereocenters. The number of carbonyl (C=O) groups excluding carboxylic acids is 1. The monoisotopic (exact) mass is 313 g/mol. The summed E-state index contributed by atoms with van der Waals surface area (Å²) in [5, 5.41) is 0.130. The van der Waals surface area contributed by atoms with Crippen LogP contribution in [0, 0.1) is 3.57 Å². The van der Waals surface area contributed by atoms with Crippen molar-refractivity contribution in [3.63, 3.8) is 0 Å². The van der Waals surface area contributed by atoms with Crippen LogP contribution in [-0.2, 0) is 4.74 Å². The van der Waals surface area contributed by atoms with Crippen molar-refractivity contribution in [3.8, 4) is 5.75 Å². The van der Waals surface area contributed by atoms with E-state index in [9.17, 15) is 4.79 Å². The van der Waals surface area contributed by atoms with Gasteiger partial charge < -0.3 is 9.47 Å². The predicted molar refractivity (Wildman–Crippen MR) is 55.0 cm³/mol. The summed E-state index contributed by atoms with van der Waals surface area (Å²) >= 11 is 7.68. The van der Waals surface area contributed by atoms with Gasteiger partial charge in [0.25, 0.3) is 0 Å². The highest BCUT2D eigenvalue weighted by atomic mass is 127. The van der Waals surface area contributed by atoms with Crippen LogP contribution in [-0.4, -0.2) is 18.2 Å². The second-order valence-corrected chi connectivity index (χ2v) is 3.60. The molecule has 0 saturated carbocycles. The fourth-order valence-corrected chi connectivity index (χ4v) is 1.17. The minimum atomic E-state index is -0.814. The number of hydrogen-bond donors (Lipinski definition) is 0. The van der Waals surface area contributed by atoms with Crippen LogP contribution < -0.4 is 4.74 Å². The summed E-state index contributed by atoms with van der Waals surface area (Å²) in [6, 6.07) is 1.59. The van der Waals surface area contributed by atoms with Crippen molar-refractivity contribution >= 4 is 40.3 Å². The maximum Gasteiger partial charge on any atom is 0.513 e. The molecular weight excluding hydrogens is 308 g/mol. The Kier molecular flexibility index (Phi) is 3.73. The van der Waals surface area contributed by atoms with Crippen molar-refractivity contribution < 1.29 is 14.3 Å². The normalized spacial score (nSPS) is 9.46. The summed E-state index contributed by atoms with van der Waals surface area (Å²) in [4.78, 5) is 14.5. The standard InChI is InChI=1S/C7H5ClINO3/c1-12-7(11)13-5-2-4(9)3-10-6(5)8/h2-3H,1H3. The molecule has 0 spiro atoms. The van der Waals surface area contributed by atoms with Crippen molar-refractivity contribution in [2.75, 3.05) is 7.11 Å². The molecule has 0 aliphatic heterocycles. The zero-order valence-electron chi connectivity index (χ0n) is 6.58. The van der Waals surface area contributed by atoms with E-state index in [-0.39, 0.29) is 10.9 Å². The highest BCUT2D eigenvalue weighted by Crippen LogP contribution is 2.23. The van der Waals surface area contributed by atoms with Crippen molar-refractivity contribution in [3.05, 3.63) is 21.0 Å². The van der Waals surface area contributed by atoms with E-state index in [4.69, 9.17) is 16.3 Å². The lowest BCUT2D eigenvalue weighted by atomic mass is 10.5. The SMILES string of the molecule is COC(=O)Oc1cc(I)cnc1Cl. The third-order valence-corrected chi connectivity index (χ3v) is 2.01. The van der Waals surface area contributed by atoms with Crippen LogP contribution in [0.4, 0.5) is 4.79 Å². The molecule has 0 aromatic carbocycles. The van der Waals surface area contributed by atoms with Gasteiger partial charge in [0.05, 0.1) is 7.11 Å². The van der Waals surface area contributed by atoms with E-state index in [1.54, 1.807) is 12.3 Å². The predicted octanol–water partition coefficient (Wildman–Crippen LogP) is 2.48. The highest BCUT2D eigenvalue weighted by Gasteiger charge is 2.09. The van der Waals surface area contributed by atoms with Gasteiger partial charge in [0, 0.05) is 9.77 Å². The molecule has 70 valence electrons. The van der Waals surface area contributed by atoms with Crippen LogP contribution in [0.2, 0.25) is 5.15 Å². The number of carbonyl (C=O) groups is 1. The van der Waals surface area contributed by atoms with Gasteiger partial charge in [-0.25, -0.2) is 9.78 Å². The number of aromatic nitrogens is 1. The topological polar surface area (TPSA) is 48.4 Å². The third-order valence-electron chi connectivity index (χ3n) is 1.13. The van der Waals surface area contributed by atoms with Gasteiger partial charge in [-0.1, -0.05) is 11.6 Å². The van der Waals surface area contributed by atoms with Gasteiger partial charge in [-0.3, -0.25) is 0 Å². The molecule has 0 radical (unpaired) electrons. The molecule has 1 heterocycles. The average molecular weight is 313 g/mol. The summed E-state index contributed by atoms with van der Waals surface area (Å²) in [5.74, 6) is 0.195. The van der Waals surface area contributed by atoms with E-state index in [0.717, 1.165) is 3.57 Å². The summed E-state index contributed by atoms with van der Waals surface area (Å²) in [6.07, 6.45) is 0.748. The summed E-state index contributed by atoms with van der Waals surface area (Å²) < 4.78 is 9.83. The molecule has 0 fully saturated rings. The van der Waals surface area contributed by atoms with Crippen LogP contribution in [0.1, 0.15) is 0 Å². The number of methoxy groups -OCH3 is 1. The zero-order chi connectivity index (χ0) is 9.84. The molecule has 0 amide bonds. The van der Waals surface area contributed by atoms with Crippen LogP contribution in [0.15, 0.2) is 12.3 Å². The Balaban J connectivity index is 2.87.